The number of benzene rings is 1. The molecule has 1 rings (SSSR count). The standard InChI is InChI=1S/C15H21NO4/c1-4-11(2)16(9-10-20-3)14(17)12-5-7-13(8-6-12)15(18)19/h5-8,11H,4,9-10H2,1-3H3,(H,18,19). The Morgan fingerprint density at radius 2 is 1.80 bits per heavy atom. The van der Waals surface area contributed by atoms with Gasteiger partial charge in [0.25, 0.3) is 5.91 Å². The van der Waals surface area contributed by atoms with E-state index >= 15 is 0 Å². The fourth-order valence-corrected chi connectivity index (χ4v) is 1.85. The van der Waals surface area contributed by atoms with Crippen molar-refractivity contribution in [1.82, 2.24) is 4.90 Å². The molecule has 0 spiro atoms. The van der Waals surface area contributed by atoms with Crippen molar-refractivity contribution in [3.63, 3.8) is 0 Å². The zero-order valence-electron chi connectivity index (χ0n) is 12.1. The van der Waals surface area contributed by atoms with Gasteiger partial charge in [-0.25, -0.2) is 4.79 Å². The van der Waals surface area contributed by atoms with Gasteiger partial charge in [-0.3, -0.25) is 4.79 Å². The fraction of sp³-hybridized carbons (Fsp3) is 0.467. The second-order valence-electron chi connectivity index (χ2n) is 4.63. The molecular formula is C15H21NO4. The smallest absolute Gasteiger partial charge is 0.335 e. The number of carbonyl (C=O) groups excluding carboxylic acids is 1. The summed E-state index contributed by atoms with van der Waals surface area (Å²) in [6, 6.07) is 6.10. The first-order valence-corrected chi connectivity index (χ1v) is 6.64. The Bertz CT molecular complexity index is 455. The van der Waals surface area contributed by atoms with Gasteiger partial charge in [0.2, 0.25) is 0 Å². The van der Waals surface area contributed by atoms with Crippen LogP contribution >= 0.6 is 0 Å². The number of hydrogen-bond acceptors (Lipinski definition) is 3. The van der Waals surface area contributed by atoms with Crippen LogP contribution in [0.4, 0.5) is 0 Å². The Hall–Kier alpha value is -1.88. The fourth-order valence-electron chi connectivity index (χ4n) is 1.85. The van der Waals surface area contributed by atoms with Crippen LogP contribution in [0.1, 0.15) is 41.0 Å². The predicted molar refractivity (Wildman–Crippen MR) is 76.1 cm³/mol. The molecule has 1 aromatic carbocycles. The number of amides is 1. The molecule has 0 aliphatic carbocycles. The average Bonchev–Trinajstić information content (AvgIpc) is 2.47. The molecule has 1 atom stereocenters. The van der Waals surface area contributed by atoms with E-state index in [-0.39, 0.29) is 17.5 Å². The Morgan fingerprint density at radius 3 is 2.25 bits per heavy atom. The zero-order valence-corrected chi connectivity index (χ0v) is 12.1. The minimum atomic E-state index is -0.998. The summed E-state index contributed by atoms with van der Waals surface area (Å²) in [5.41, 5.74) is 0.667. The van der Waals surface area contributed by atoms with E-state index < -0.39 is 5.97 Å². The van der Waals surface area contributed by atoms with Gasteiger partial charge in [0.1, 0.15) is 0 Å². The third-order valence-electron chi connectivity index (χ3n) is 3.30. The number of methoxy groups -OCH3 is 1. The Balaban J connectivity index is 2.90. The quantitative estimate of drug-likeness (QED) is 0.831. The van der Waals surface area contributed by atoms with Crippen molar-refractivity contribution >= 4 is 11.9 Å². The third-order valence-corrected chi connectivity index (χ3v) is 3.30. The molecule has 1 amide bonds. The van der Waals surface area contributed by atoms with Crippen LogP contribution < -0.4 is 0 Å². The van der Waals surface area contributed by atoms with Crippen LogP contribution in [0.2, 0.25) is 0 Å². The van der Waals surface area contributed by atoms with Gasteiger partial charge in [-0.05, 0) is 37.6 Å². The Kier molecular flexibility index (Phi) is 6.18. The maximum Gasteiger partial charge on any atom is 0.335 e. The predicted octanol–water partition coefficient (Wildman–Crippen LogP) is 2.27. The zero-order chi connectivity index (χ0) is 15.1. The van der Waals surface area contributed by atoms with E-state index in [1.807, 2.05) is 13.8 Å². The van der Waals surface area contributed by atoms with Crippen molar-refractivity contribution in [2.45, 2.75) is 26.3 Å². The summed E-state index contributed by atoms with van der Waals surface area (Å²) in [6.07, 6.45) is 0.850. The molecule has 1 N–H and O–H groups in total. The monoisotopic (exact) mass is 279 g/mol. The minimum Gasteiger partial charge on any atom is -0.478 e. The molecule has 0 aromatic heterocycles. The highest BCUT2D eigenvalue weighted by Crippen LogP contribution is 2.12. The van der Waals surface area contributed by atoms with Crippen LogP contribution in [-0.4, -0.2) is 48.2 Å². The molecule has 1 aromatic rings. The lowest BCUT2D eigenvalue weighted by molar-refractivity contribution is 0.0612. The van der Waals surface area contributed by atoms with E-state index in [0.29, 0.717) is 18.7 Å². The highest BCUT2D eigenvalue weighted by molar-refractivity contribution is 5.96. The molecular weight excluding hydrogens is 258 g/mol. The van der Waals surface area contributed by atoms with E-state index in [1.54, 1.807) is 24.1 Å². The molecule has 0 saturated carbocycles. The highest BCUT2D eigenvalue weighted by atomic mass is 16.5. The van der Waals surface area contributed by atoms with E-state index in [1.165, 1.54) is 12.1 Å². The van der Waals surface area contributed by atoms with E-state index in [4.69, 9.17) is 9.84 Å². The van der Waals surface area contributed by atoms with Crippen molar-refractivity contribution in [3.8, 4) is 0 Å². The van der Waals surface area contributed by atoms with Crippen LogP contribution in [-0.2, 0) is 4.74 Å². The first-order chi connectivity index (χ1) is 9.51. The number of rotatable bonds is 7. The Labute approximate surface area is 119 Å². The number of carboxylic acid groups (broad SMARTS) is 1. The number of aromatic carboxylic acids is 1. The van der Waals surface area contributed by atoms with Crippen LogP contribution in [0.25, 0.3) is 0 Å². The molecule has 0 fully saturated rings. The molecule has 110 valence electrons. The molecule has 0 bridgehead atoms. The van der Waals surface area contributed by atoms with Gasteiger partial charge < -0.3 is 14.7 Å². The first-order valence-electron chi connectivity index (χ1n) is 6.64. The molecule has 20 heavy (non-hydrogen) atoms. The largest absolute Gasteiger partial charge is 0.478 e. The number of hydrogen-bond donors (Lipinski definition) is 1. The lowest BCUT2D eigenvalue weighted by atomic mass is 10.1. The van der Waals surface area contributed by atoms with Gasteiger partial charge in [0.15, 0.2) is 0 Å². The topological polar surface area (TPSA) is 66.8 Å². The number of ether oxygens (including phenoxy) is 1. The van der Waals surface area contributed by atoms with Crippen LogP contribution in [0, 0.1) is 0 Å². The number of carbonyl (C=O) groups is 2. The average molecular weight is 279 g/mol. The van der Waals surface area contributed by atoms with E-state index in [2.05, 4.69) is 0 Å². The summed E-state index contributed by atoms with van der Waals surface area (Å²) < 4.78 is 5.03. The Morgan fingerprint density at radius 1 is 1.25 bits per heavy atom. The normalized spacial score (nSPS) is 11.9. The summed E-state index contributed by atoms with van der Waals surface area (Å²) >= 11 is 0. The molecule has 0 radical (unpaired) electrons. The van der Waals surface area contributed by atoms with Gasteiger partial charge >= 0.3 is 5.97 Å². The second kappa shape index (κ2) is 7.65. The molecule has 0 aliphatic heterocycles. The summed E-state index contributed by atoms with van der Waals surface area (Å²) in [5, 5.41) is 8.85. The molecule has 0 saturated heterocycles. The van der Waals surface area contributed by atoms with Crippen molar-refractivity contribution in [2.24, 2.45) is 0 Å². The van der Waals surface area contributed by atoms with Crippen molar-refractivity contribution in [2.75, 3.05) is 20.3 Å². The van der Waals surface area contributed by atoms with Crippen LogP contribution in [0.3, 0.4) is 0 Å². The van der Waals surface area contributed by atoms with Crippen molar-refractivity contribution in [1.29, 1.82) is 0 Å². The molecule has 5 nitrogen and oxygen atoms in total. The lowest BCUT2D eigenvalue weighted by Crippen LogP contribution is -2.40. The summed E-state index contributed by atoms with van der Waals surface area (Å²) in [4.78, 5) is 25.0. The molecule has 0 heterocycles. The van der Waals surface area contributed by atoms with Gasteiger partial charge in [0.05, 0.1) is 12.2 Å². The van der Waals surface area contributed by atoms with Gasteiger partial charge in [-0.15, -0.1) is 0 Å². The highest BCUT2D eigenvalue weighted by Gasteiger charge is 2.20. The molecule has 5 heteroatoms. The van der Waals surface area contributed by atoms with E-state index in [9.17, 15) is 9.59 Å². The molecule has 0 aliphatic rings. The van der Waals surface area contributed by atoms with Gasteiger partial charge in [-0.1, -0.05) is 6.92 Å². The first kappa shape index (κ1) is 16.2. The van der Waals surface area contributed by atoms with Crippen LogP contribution in [0.5, 0.6) is 0 Å². The van der Waals surface area contributed by atoms with Gasteiger partial charge in [0, 0.05) is 25.3 Å². The number of carboxylic acids is 1. The van der Waals surface area contributed by atoms with Gasteiger partial charge in [-0.2, -0.15) is 0 Å². The maximum atomic E-state index is 12.5. The van der Waals surface area contributed by atoms with Crippen molar-refractivity contribution in [3.05, 3.63) is 35.4 Å². The number of nitrogens with zero attached hydrogens (tertiary/aromatic N) is 1. The van der Waals surface area contributed by atoms with E-state index in [0.717, 1.165) is 6.42 Å². The lowest BCUT2D eigenvalue weighted by Gasteiger charge is -2.28. The molecule has 1 unspecified atom stereocenters. The van der Waals surface area contributed by atoms with Crippen molar-refractivity contribution < 1.29 is 19.4 Å². The summed E-state index contributed by atoms with van der Waals surface area (Å²) in [7, 11) is 1.60. The van der Waals surface area contributed by atoms with Crippen LogP contribution in [0.15, 0.2) is 24.3 Å². The second-order valence-corrected chi connectivity index (χ2v) is 4.63. The maximum absolute atomic E-state index is 12.5. The SMILES string of the molecule is CCC(C)N(CCOC)C(=O)c1ccc(C(=O)O)cc1. The minimum absolute atomic E-state index is 0.103. The summed E-state index contributed by atoms with van der Waals surface area (Å²) in [6.45, 7) is 5.00. The summed E-state index contributed by atoms with van der Waals surface area (Å²) in [5.74, 6) is -1.10. The third kappa shape index (κ3) is 4.06.